The minimum Gasteiger partial charge on any atom is -0.439 e. The number of nitrogen functional groups attached to an aromatic ring is 1. The van der Waals surface area contributed by atoms with Crippen LogP contribution in [0.3, 0.4) is 0 Å². The molecule has 0 aliphatic rings. The van der Waals surface area contributed by atoms with Gasteiger partial charge >= 0.3 is 0 Å². The van der Waals surface area contributed by atoms with Crippen LogP contribution in [0, 0.1) is 0 Å². The average molecular weight is 235 g/mol. The molecule has 0 radical (unpaired) electrons. The van der Waals surface area contributed by atoms with E-state index in [1.54, 1.807) is 6.07 Å². The Balaban J connectivity index is 2.21. The van der Waals surface area contributed by atoms with Crippen LogP contribution in [0.25, 0.3) is 11.1 Å². The predicted molar refractivity (Wildman–Crippen MR) is 66.5 cm³/mol. The van der Waals surface area contributed by atoms with Gasteiger partial charge in [0, 0.05) is 6.54 Å². The molecule has 5 heteroatoms. The molecule has 3 N–H and O–H groups in total. The number of aromatic nitrogens is 1. The summed E-state index contributed by atoms with van der Waals surface area (Å²) in [6.45, 7) is 4.22. The second-order valence-electron chi connectivity index (χ2n) is 3.89. The Morgan fingerprint density at radius 1 is 1.47 bits per heavy atom. The highest BCUT2D eigenvalue weighted by Crippen LogP contribution is 2.21. The Kier molecular flexibility index (Phi) is 3.61. The van der Waals surface area contributed by atoms with Gasteiger partial charge in [-0.3, -0.25) is 4.90 Å². The molecule has 0 atom stereocenters. The first-order chi connectivity index (χ1) is 8.24. The Morgan fingerprint density at radius 3 is 2.94 bits per heavy atom. The van der Waals surface area contributed by atoms with Gasteiger partial charge in [0.2, 0.25) is 5.89 Å². The molecule has 1 heterocycles. The van der Waals surface area contributed by atoms with Crippen LogP contribution < -0.4 is 5.73 Å². The molecule has 2 rings (SSSR count). The van der Waals surface area contributed by atoms with Crippen LogP contribution >= 0.6 is 0 Å². The Morgan fingerprint density at radius 2 is 2.29 bits per heavy atom. The first kappa shape index (κ1) is 11.9. The SMILES string of the molecule is CCN(CCO)Cc1nc2c(N)cccc2o1. The van der Waals surface area contributed by atoms with E-state index in [9.17, 15) is 0 Å². The molecule has 1 aromatic carbocycles. The summed E-state index contributed by atoms with van der Waals surface area (Å²) < 4.78 is 5.61. The summed E-state index contributed by atoms with van der Waals surface area (Å²) in [5.74, 6) is 0.633. The van der Waals surface area contributed by atoms with Crippen molar-refractivity contribution in [3.63, 3.8) is 0 Å². The summed E-state index contributed by atoms with van der Waals surface area (Å²) in [6.07, 6.45) is 0. The fourth-order valence-corrected chi connectivity index (χ4v) is 1.77. The van der Waals surface area contributed by atoms with E-state index < -0.39 is 0 Å². The van der Waals surface area contributed by atoms with Crippen molar-refractivity contribution in [1.82, 2.24) is 9.88 Å². The number of likely N-dealkylation sites (N-methyl/N-ethyl adjacent to an activating group) is 1. The van der Waals surface area contributed by atoms with Crippen LogP contribution in [-0.2, 0) is 6.54 Å². The van der Waals surface area contributed by atoms with Crippen molar-refractivity contribution in [3.8, 4) is 0 Å². The summed E-state index contributed by atoms with van der Waals surface area (Å²) >= 11 is 0. The third kappa shape index (κ3) is 2.57. The number of fused-ring (bicyclic) bond motifs is 1. The number of hydrogen-bond donors (Lipinski definition) is 2. The van der Waals surface area contributed by atoms with Crippen LogP contribution in [-0.4, -0.2) is 34.7 Å². The smallest absolute Gasteiger partial charge is 0.209 e. The van der Waals surface area contributed by atoms with E-state index in [-0.39, 0.29) is 6.61 Å². The third-order valence-corrected chi connectivity index (χ3v) is 2.72. The number of benzene rings is 1. The monoisotopic (exact) mass is 235 g/mol. The molecule has 0 fully saturated rings. The van der Waals surface area contributed by atoms with Gasteiger partial charge in [0.25, 0.3) is 0 Å². The number of rotatable bonds is 5. The lowest BCUT2D eigenvalue weighted by Gasteiger charge is -2.16. The van der Waals surface area contributed by atoms with Gasteiger partial charge in [-0.05, 0) is 18.7 Å². The molecule has 92 valence electrons. The fraction of sp³-hybridized carbons (Fsp3) is 0.417. The zero-order valence-electron chi connectivity index (χ0n) is 9.89. The highest BCUT2D eigenvalue weighted by Gasteiger charge is 2.11. The summed E-state index contributed by atoms with van der Waals surface area (Å²) in [4.78, 5) is 6.42. The number of hydrogen-bond acceptors (Lipinski definition) is 5. The van der Waals surface area contributed by atoms with Crippen LogP contribution in [0.2, 0.25) is 0 Å². The van der Waals surface area contributed by atoms with E-state index in [4.69, 9.17) is 15.3 Å². The highest BCUT2D eigenvalue weighted by atomic mass is 16.3. The Hall–Kier alpha value is -1.59. The summed E-state index contributed by atoms with van der Waals surface area (Å²) in [6, 6.07) is 5.50. The van der Waals surface area contributed by atoms with Gasteiger partial charge in [0.05, 0.1) is 18.8 Å². The average Bonchev–Trinajstić information content (AvgIpc) is 2.72. The van der Waals surface area contributed by atoms with Crippen molar-refractivity contribution in [3.05, 3.63) is 24.1 Å². The maximum atomic E-state index is 8.92. The molecule has 17 heavy (non-hydrogen) atoms. The number of nitrogens with zero attached hydrogens (tertiary/aromatic N) is 2. The van der Waals surface area contributed by atoms with Crippen LogP contribution in [0.1, 0.15) is 12.8 Å². The van der Waals surface area contributed by atoms with Crippen molar-refractivity contribution >= 4 is 16.8 Å². The van der Waals surface area contributed by atoms with Crippen LogP contribution in [0.5, 0.6) is 0 Å². The van der Waals surface area contributed by atoms with Crippen molar-refractivity contribution in [2.24, 2.45) is 0 Å². The van der Waals surface area contributed by atoms with Crippen LogP contribution in [0.15, 0.2) is 22.6 Å². The molecule has 0 saturated carbocycles. The number of anilines is 1. The molecular weight excluding hydrogens is 218 g/mol. The lowest BCUT2D eigenvalue weighted by Crippen LogP contribution is -2.26. The Labute approximate surface area is 99.8 Å². The molecule has 5 nitrogen and oxygen atoms in total. The van der Waals surface area contributed by atoms with Gasteiger partial charge in [-0.15, -0.1) is 0 Å². The summed E-state index contributed by atoms with van der Waals surface area (Å²) in [5.41, 5.74) is 7.86. The molecule has 0 saturated heterocycles. The zero-order chi connectivity index (χ0) is 12.3. The number of oxazole rings is 1. The lowest BCUT2D eigenvalue weighted by atomic mass is 10.3. The van der Waals surface area contributed by atoms with Gasteiger partial charge in [0.1, 0.15) is 5.52 Å². The summed E-state index contributed by atoms with van der Waals surface area (Å²) in [5, 5.41) is 8.92. The van der Waals surface area contributed by atoms with Crippen molar-refractivity contribution in [2.75, 3.05) is 25.4 Å². The minimum atomic E-state index is 0.135. The van der Waals surface area contributed by atoms with E-state index in [0.717, 1.165) is 6.54 Å². The molecule has 0 bridgehead atoms. The van der Waals surface area contributed by atoms with Gasteiger partial charge in [-0.1, -0.05) is 13.0 Å². The van der Waals surface area contributed by atoms with Crippen molar-refractivity contribution in [1.29, 1.82) is 0 Å². The molecule has 0 aliphatic carbocycles. The standard InChI is InChI=1S/C12H17N3O2/c1-2-15(6-7-16)8-11-14-12-9(13)4-3-5-10(12)17-11/h3-5,16H,2,6-8,13H2,1H3. The predicted octanol–water partition coefficient (Wildman–Crippen LogP) is 1.22. The molecule has 0 unspecified atom stereocenters. The molecule has 0 aliphatic heterocycles. The molecular formula is C12H17N3O2. The number of para-hydroxylation sites is 1. The second kappa shape index (κ2) is 5.16. The van der Waals surface area contributed by atoms with E-state index in [1.807, 2.05) is 19.1 Å². The number of aliphatic hydroxyl groups is 1. The molecule has 1 aromatic heterocycles. The van der Waals surface area contributed by atoms with E-state index >= 15 is 0 Å². The van der Waals surface area contributed by atoms with E-state index in [1.165, 1.54) is 0 Å². The van der Waals surface area contributed by atoms with Gasteiger partial charge in [0.15, 0.2) is 5.58 Å². The van der Waals surface area contributed by atoms with Crippen molar-refractivity contribution < 1.29 is 9.52 Å². The largest absolute Gasteiger partial charge is 0.439 e. The van der Waals surface area contributed by atoms with E-state index in [0.29, 0.717) is 35.8 Å². The highest BCUT2D eigenvalue weighted by molar-refractivity contribution is 5.85. The first-order valence-electron chi connectivity index (χ1n) is 5.71. The maximum absolute atomic E-state index is 8.92. The molecule has 0 amide bonds. The van der Waals surface area contributed by atoms with E-state index in [2.05, 4.69) is 9.88 Å². The van der Waals surface area contributed by atoms with Gasteiger partial charge < -0.3 is 15.3 Å². The number of nitrogens with two attached hydrogens (primary N) is 1. The molecule has 2 aromatic rings. The minimum absolute atomic E-state index is 0.135. The van der Waals surface area contributed by atoms with Gasteiger partial charge in [-0.25, -0.2) is 4.98 Å². The molecule has 0 spiro atoms. The maximum Gasteiger partial charge on any atom is 0.209 e. The zero-order valence-corrected chi connectivity index (χ0v) is 9.89. The quantitative estimate of drug-likeness (QED) is 0.762. The lowest BCUT2D eigenvalue weighted by molar-refractivity contribution is 0.186. The third-order valence-electron chi connectivity index (χ3n) is 2.72. The van der Waals surface area contributed by atoms with Crippen LogP contribution in [0.4, 0.5) is 5.69 Å². The fourth-order valence-electron chi connectivity index (χ4n) is 1.77. The first-order valence-corrected chi connectivity index (χ1v) is 5.71. The van der Waals surface area contributed by atoms with Gasteiger partial charge in [-0.2, -0.15) is 0 Å². The topological polar surface area (TPSA) is 75.5 Å². The normalized spacial score (nSPS) is 11.5. The second-order valence-corrected chi connectivity index (χ2v) is 3.89. The Bertz CT molecular complexity index is 495. The van der Waals surface area contributed by atoms with Crippen molar-refractivity contribution in [2.45, 2.75) is 13.5 Å². The summed E-state index contributed by atoms with van der Waals surface area (Å²) in [7, 11) is 0. The number of aliphatic hydroxyl groups excluding tert-OH is 1.